The highest BCUT2D eigenvalue weighted by Gasteiger charge is 2.33. The Morgan fingerprint density at radius 3 is 1.52 bits per heavy atom. The smallest absolute Gasteiger partial charge is 0.137 e. The van der Waals surface area contributed by atoms with E-state index in [0.29, 0.717) is 20.1 Å². The fourth-order valence-corrected chi connectivity index (χ4v) is 8.86. The van der Waals surface area contributed by atoms with E-state index >= 15 is 0 Å². The number of aryl methyl sites for hydroxylation is 1. The molecule has 2 aliphatic carbocycles. The summed E-state index contributed by atoms with van der Waals surface area (Å²) in [7, 11) is 0. The first-order chi connectivity index (χ1) is 22.7. The predicted molar refractivity (Wildman–Crippen MR) is 209 cm³/mol. The molecule has 0 unspecified atom stereocenters. The fourth-order valence-electron chi connectivity index (χ4n) is 7.37. The zero-order valence-corrected chi connectivity index (χ0v) is 33.2. The number of aromatic hydroxyl groups is 4. The number of benzene rings is 2. The van der Waals surface area contributed by atoms with Gasteiger partial charge in [-0.25, -0.2) is 0 Å². The summed E-state index contributed by atoms with van der Waals surface area (Å²) in [6.07, 6.45) is 16.9. The Balaban J connectivity index is 0.000000261. The Bertz CT molecular complexity index is 1470. The van der Waals surface area contributed by atoms with Crippen LogP contribution >= 0.6 is 31.9 Å². The molecule has 0 radical (unpaired) electrons. The number of allylic oxidation sites excluding steroid dienone is 6. The van der Waals surface area contributed by atoms with Gasteiger partial charge in [0.05, 0.1) is 8.95 Å². The van der Waals surface area contributed by atoms with E-state index in [2.05, 4.69) is 84.9 Å². The molecule has 4 atom stereocenters. The Morgan fingerprint density at radius 1 is 0.688 bits per heavy atom. The molecular formula is C42H58Br2O4. The van der Waals surface area contributed by atoms with Crippen LogP contribution in [0.1, 0.15) is 140 Å². The lowest BCUT2D eigenvalue weighted by atomic mass is 9.73. The molecule has 4 nitrogen and oxygen atoms in total. The Hall–Kier alpha value is -2.44. The number of unbranched alkanes of at least 4 members (excludes halogenated alkanes) is 4. The van der Waals surface area contributed by atoms with Crippen molar-refractivity contribution in [3.05, 3.63) is 90.9 Å². The average molecular weight is 787 g/mol. The van der Waals surface area contributed by atoms with Gasteiger partial charge in [-0.05, 0) is 146 Å². The SMILES string of the molecule is C=C(C)[C@H]1CCC(C)=C[C@@H]1c1c(O)c(Br)c(CCCCC)c(Br)c1O.C=C(C)[C@H]1CCC(C)=C[C@@H]1c1c(O)cc(CCCCC)cc1O. The van der Waals surface area contributed by atoms with Gasteiger partial charge in [0.1, 0.15) is 23.0 Å². The lowest BCUT2D eigenvalue weighted by Gasteiger charge is -2.32. The van der Waals surface area contributed by atoms with Crippen molar-refractivity contribution in [2.45, 2.75) is 130 Å². The van der Waals surface area contributed by atoms with Crippen LogP contribution in [0, 0.1) is 11.8 Å². The van der Waals surface area contributed by atoms with Gasteiger partial charge in [-0.2, -0.15) is 0 Å². The van der Waals surface area contributed by atoms with Gasteiger partial charge in [-0.3, -0.25) is 0 Å². The van der Waals surface area contributed by atoms with Crippen molar-refractivity contribution < 1.29 is 20.4 Å². The summed E-state index contributed by atoms with van der Waals surface area (Å²) in [6, 6.07) is 3.66. The van der Waals surface area contributed by atoms with E-state index < -0.39 is 0 Å². The first-order valence-corrected chi connectivity index (χ1v) is 19.4. The highest BCUT2D eigenvalue weighted by atomic mass is 79.9. The first-order valence-electron chi connectivity index (χ1n) is 17.8. The third-order valence-corrected chi connectivity index (χ3v) is 11.9. The van der Waals surface area contributed by atoms with Gasteiger partial charge in [-0.15, -0.1) is 0 Å². The topological polar surface area (TPSA) is 80.9 Å². The lowest BCUT2D eigenvalue weighted by Crippen LogP contribution is -2.17. The van der Waals surface area contributed by atoms with Gasteiger partial charge in [0.25, 0.3) is 0 Å². The second-order valence-electron chi connectivity index (χ2n) is 14.2. The molecule has 0 aliphatic heterocycles. The molecule has 0 saturated heterocycles. The highest BCUT2D eigenvalue weighted by Crippen LogP contribution is 2.52. The normalized spacial score (nSPS) is 20.8. The van der Waals surface area contributed by atoms with E-state index in [4.69, 9.17) is 0 Å². The van der Waals surface area contributed by atoms with Crippen LogP contribution in [-0.2, 0) is 12.8 Å². The van der Waals surface area contributed by atoms with E-state index in [-0.39, 0.29) is 46.7 Å². The van der Waals surface area contributed by atoms with Gasteiger partial charge < -0.3 is 20.4 Å². The maximum Gasteiger partial charge on any atom is 0.137 e. The lowest BCUT2D eigenvalue weighted by molar-refractivity contribution is 0.402. The highest BCUT2D eigenvalue weighted by molar-refractivity contribution is 9.11. The van der Waals surface area contributed by atoms with Crippen molar-refractivity contribution in [1.29, 1.82) is 0 Å². The number of phenolic OH excluding ortho intramolecular Hbond substituents is 4. The quantitative estimate of drug-likeness (QED) is 0.128. The van der Waals surface area contributed by atoms with Gasteiger partial charge in [0.2, 0.25) is 0 Å². The summed E-state index contributed by atoms with van der Waals surface area (Å²) in [5.41, 5.74) is 8.03. The molecule has 4 rings (SSSR count). The van der Waals surface area contributed by atoms with Crippen LogP contribution in [0.15, 0.2) is 68.7 Å². The van der Waals surface area contributed by atoms with Crippen molar-refractivity contribution in [3.63, 3.8) is 0 Å². The summed E-state index contributed by atoms with van der Waals surface area (Å²) in [4.78, 5) is 0. The molecule has 0 bridgehead atoms. The minimum atomic E-state index is -0.0523. The summed E-state index contributed by atoms with van der Waals surface area (Å²) in [6.45, 7) is 20.9. The Kier molecular flexibility index (Phi) is 15.4. The van der Waals surface area contributed by atoms with Crippen LogP contribution < -0.4 is 0 Å². The Labute approximate surface area is 307 Å². The maximum absolute atomic E-state index is 10.9. The molecular weight excluding hydrogens is 728 g/mol. The van der Waals surface area contributed by atoms with Crippen molar-refractivity contribution >= 4 is 31.9 Å². The van der Waals surface area contributed by atoms with E-state index in [1.165, 1.54) is 24.0 Å². The number of hydrogen-bond donors (Lipinski definition) is 4. The molecule has 2 aliphatic rings. The average Bonchev–Trinajstić information content (AvgIpc) is 3.02. The van der Waals surface area contributed by atoms with Gasteiger partial charge in [0.15, 0.2) is 0 Å². The number of halogens is 2. The van der Waals surface area contributed by atoms with Gasteiger partial charge in [0, 0.05) is 23.0 Å². The van der Waals surface area contributed by atoms with E-state index in [1.54, 1.807) is 0 Å². The van der Waals surface area contributed by atoms with Gasteiger partial charge >= 0.3 is 0 Å². The van der Waals surface area contributed by atoms with Crippen molar-refractivity contribution in [2.75, 3.05) is 0 Å². The minimum absolute atomic E-state index is 0.0194. The molecule has 0 fully saturated rings. The fraction of sp³-hybridized carbons (Fsp3) is 0.524. The number of hydrogen-bond acceptors (Lipinski definition) is 4. The number of phenols is 4. The summed E-state index contributed by atoms with van der Waals surface area (Å²) in [5, 5.41) is 42.9. The molecule has 0 amide bonds. The zero-order valence-electron chi connectivity index (χ0n) is 30.1. The molecule has 0 aromatic heterocycles. The molecule has 48 heavy (non-hydrogen) atoms. The second kappa shape index (κ2) is 18.5. The van der Waals surface area contributed by atoms with E-state index in [0.717, 1.165) is 86.5 Å². The molecule has 2 aromatic rings. The largest absolute Gasteiger partial charge is 0.507 e. The standard InChI is InChI=1S/C21H28Br2O2.C21H30O2/c1-5-6-7-8-15-18(22)20(24)17(21(25)19(15)23)16-11-13(4)9-10-14(16)12(2)3;1-5-6-7-8-16-12-19(22)21(20(23)13-16)18-11-15(4)9-10-17(18)14(2)3/h11,14,16,24-25H,2,5-10H2,1,3-4H3;11-13,17-18,22-23H,2,5-10H2,1,3-4H3/t14-,16+;17-,18+/m11/s1. The monoisotopic (exact) mass is 784 g/mol. The van der Waals surface area contributed by atoms with Crippen LogP contribution in [-0.4, -0.2) is 20.4 Å². The van der Waals surface area contributed by atoms with E-state index in [9.17, 15) is 20.4 Å². The van der Waals surface area contributed by atoms with Crippen LogP contribution in [0.2, 0.25) is 0 Å². The maximum atomic E-state index is 10.9. The molecule has 0 saturated carbocycles. The van der Waals surface area contributed by atoms with Crippen molar-refractivity contribution in [2.24, 2.45) is 11.8 Å². The second-order valence-corrected chi connectivity index (χ2v) is 15.8. The predicted octanol–water partition coefficient (Wildman–Crippen LogP) is 13.2. The first kappa shape index (κ1) is 40.0. The molecule has 6 heteroatoms. The van der Waals surface area contributed by atoms with Gasteiger partial charge in [-0.1, -0.05) is 87.1 Å². The third-order valence-electron chi connectivity index (χ3n) is 10.2. The van der Waals surface area contributed by atoms with Crippen LogP contribution in [0.4, 0.5) is 0 Å². The summed E-state index contributed by atoms with van der Waals surface area (Å²) < 4.78 is 1.39. The molecule has 2 aromatic carbocycles. The number of rotatable bonds is 12. The van der Waals surface area contributed by atoms with Crippen LogP contribution in [0.25, 0.3) is 0 Å². The van der Waals surface area contributed by atoms with E-state index in [1.807, 2.05) is 26.0 Å². The third kappa shape index (κ3) is 9.84. The van der Waals surface area contributed by atoms with Crippen molar-refractivity contribution in [3.8, 4) is 23.0 Å². The van der Waals surface area contributed by atoms with Crippen LogP contribution in [0.5, 0.6) is 23.0 Å². The summed E-state index contributed by atoms with van der Waals surface area (Å²) >= 11 is 7.15. The zero-order chi connectivity index (χ0) is 35.7. The molecule has 0 spiro atoms. The van der Waals surface area contributed by atoms with Crippen molar-refractivity contribution in [1.82, 2.24) is 0 Å². The molecule has 0 heterocycles. The summed E-state index contributed by atoms with van der Waals surface area (Å²) in [5.74, 6) is 1.24. The molecule has 4 N–H and O–H groups in total. The Morgan fingerprint density at radius 2 is 1.10 bits per heavy atom. The minimum Gasteiger partial charge on any atom is -0.507 e. The van der Waals surface area contributed by atoms with Crippen LogP contribution in [0.3, 0.4) is 0 Å². The molecule has 264 valence electrons.